The van der Waals surface area contributed by atoms with E-state index in [0.717, 1.165) is 5.75 Å². The van der Waals surface area contributed by atoms with Gasteiger partial charge in [0.1, 0.15) is 18.1 Å². The summed E-state index contributed by atoms with van der Waals surface area (Å²) in [7, 11) is 0.350. The van der Waals surface area contributed by atoms with E-state index < -0.39 is 0 Å². The van der Waals surface area contributed by atoms with E-state index >= 15 is 0 Å². The third kappa shape index (κ3) is 6.10. The molecule has 1 saturated heterocycles. The van der Waals surface area contributed by atoms with Crippen molar-refractivity contribution < 1.29 is 14.3 Å². The molecule has 0 spiro atoms. The van der Waals surface area contributed by atoms with Crippen LogP contribution in [0.3, 0.4) is 0 Å². The van der Waals surface area contributed by atoms with Crippen molar-refractivity contribution in [3.63, 3.8) is 0 Å². The van der Waals surface area contributed by atoms with Crippen molar-refractivity contribution in [1.82, 2.24) is 0 Å². The highest BCUT2D eigenvalue weighted by molar-refractivity contribution is 8.15. The Kier molecular flexibility index (Phi) is 6.17. The van der Waals surface area contributed by atoms with Gasteiger partial charge in [0, 0.05) is 12.7 Å². The first-order valence-electron chi connectivity index (χ1n) is 5.11. The Morgan fingerprint density at radius 3 is 2.60 bits per heavy atom. The molecule has 0 aliphatic carbocycles. The summed E-state index contributed by atoms with van der Waals surface area (Å²) in [6.45, 7) is 1.73. The lowest BCUT2D eigenvalue weighted by Crippen LogP contribution is -2.16. The van der Waals surface area contributed by atoms with Crippen LogP contribution < -0.4 is 0 Å². The second-order valence-corrected chi connectivity index (χ2v) is 6.91. The molecular formula is C10H17O3S2+. The standard InChI is InChI=1S/C10H17O3S2/c1-9(11)13-4-5-14-10(12)8-15-6-2-3-7-15/h2-8H2,1H3/q+1. The normalized spacial score (nSPS) is 16.6. The maximum absolute atomic E-state index is 11.5. The zero-order valence-corrected chi connectivity index (χ0v) is 10.6. The first-order valence-corrected chi connectivity index (χ1v) is 7.83. The number of thioether (sulfide) groups is 1. The first kappa shape index (κ1) is 12.9. The Balaban J connectivity index is 2.00. The van der Waals surface area contributed by atoms with E-state index in [-0.39, 0.29) is 11.1 Å². The van der Waals surface area contributed by atoms with E-state index in [1.807, 2.05) is 0 Å². The second kappa shape index (κ2) is 7.17. The molecule has 1 rings (SSSR count). The summed E-state index contributed by atoms with van der Waals surface area (Å²) in [6.07, 6.45) is 2.57. The quantitative estimate of drug-likeness (QED) is 0.417. The highest BCUT2D eigenvalue weighted by Crippen LogP contribution is 2.16. The lowest BCUT2D eigenvalue weighted by Gasteiger charge is -2.01. The highest BCUT2D eigenvalue weighted by Gasteiger charge is 2.26. The average Bonchev–Trinajstić information content (AvgIpc) is 2.64. The maximum Gasteiger partial charge on any atom is 0.302 e. The Bertz CT molecular complexity index is 225. The highest BCUT2D eigenvalue weighted by atomic mass is 32.2. The van der Waals surface area contributed by atoms with Crippen LogP contribution in [0, 0.1) is 0 Å². The van der Waals surface area contributed by atoms with Crippen molar-refractivity contribution in [3.05, 3.63) is 0 Å². The molecule has 86 valence electrons. The number of carbonyl (C=O) groups is 2. The minimum Gasteiger partial charge on any atom is -0.465 e. The fourth-order valence-corrected chi connectivity index (χ4v) is 4.69. The van der Waals surface area contributed by atoms with Crippen LogP contribution in [0.25, 0.3) is 0 Å². The molecule has 1 fully saturated rings. The van der Waals surface area contributed by atoms with Crippen LogP contribution in [0.4, 0.5) is 0 Å². The number of ether oxygens (including phenoxy) is 1. The first-order chi connectivity index (χ1) is 7.18. The van der Waals surface area contributed by atoms with E-state index in [9.17, 15) is 9.59 Å². The van der Waals surface area contributed by atoms with Gasteiger partial charge in [0.15, 0.2) is 5.75 Å². The molecule has 0 saturated carbocycles. The molecule has 0 amide bonds. The molecule has 1 heterocycles. The zero-order chi connectivity index (χ0) is 11.1. The van der Waals surface area contributed by atoms with Gasteiger partial charge in [-0.15, -0.1) is 0 Å². The summed E-state index contributed by atoms with van der Waals surface area (Å²) in [5.41, 5.74) is 0. The van der Waals surface area contributed by atoms with Crippen molar-refractivity contribution in [2.75, 3.05) is 29.6 Å². The predicted octanol–water partition coefficient (Wildman–Crippen LogP) is 1.22. The molecule has 15 heavy (non-hydrogen) atoms. The molecule has 1 aliphatic heterocycles. The van der Waals surface area contributed by atoms with Crippen molar-refractivity contribution in [3.8, 4) is 0 Å². The van der Waals surface area contributed by atoms with Crippen LogP contribution in [-0.4, -0.2) is 40.7 Å². The maximum atomic E-state index is 11.5. The molecule has 0 aromatic rings. The van der Waals surface area contributed by atoms with Gasteiger partial charge in [0.2, 0.25) is 5.12 Å². The Morgan fingerprint density at radius 2 is 2.00 bits per heavy atom. The van der Waals surface area contributed by atoms with Crippen LogP contribution in [-0.2, 0) is 25.2 Å². The lowest BCUT2D eigenvalue weighted by atomic mass is 10.4. The summed E-state index contributed by atoms with van der Waals surface area (Å²) in [5.74, 6) is 3.51. The third-order valence-electron chi connectivity index (χ3n) is 2.09. The molecule has 0 bridgehead atoms. The van der Waals surface area contributed by atoms with E-state index in [2.05, 4.69) is 0 Å². The van der Waals surface area contributed by atoms with Gasteiger partial charge < -0.3 is 4.74 Å². The van der Waals surface area contributed by atoms with Gasteiger partial charge in [0.05, 0.1) is 0 Å². The molecule has 0 aromatic heterocycles. The molecule has 1 aliphatic rings. The van der Waals surface area contributed by atoms with Gasteiger partial charge in [-0.1, -0.05) is 11.8 Å². The van der Waals surface area contributed by atoms with Gasteiger partial charge in [0.25, 0.3) is 0 Å². The van der Waals surface area contributed by atoms with Gasteiger partial charge in [-0.25, -0.2) is 0 Å². The summed E-state index contributed by atoms with van der Waals surface area (Å²) in [6, 6.07) is 0. The van der Waals surface area contributed by atoms with E-state index in [1.54, 1.807) is 0 Å². The SMILES string of the molecule is CC(=O)OCCSC(=O)C[S+]1CCCC1. The summed E-state index contributed by atoms with van der Waals surface area (Å²) >= 11 is 1.30. The summed E-state index contributed by atoms with van der Waals surface area (Å²) in [5, 5.41) is 0.257. The number of carbonyl (C=O) groups excluding carboxylic acids is 2. The smallest absolute Gasteiger partial charge is 0.302 e. The minimum absolute atomic E-state index is 0.257. The molecule has 0 unspecified atom stereocenters. The predicted molar refractivity (Wildman–Crippen MR) is 65.3 cm³/mol. The van der Waals surface area contributed by atoms with Gasteiger partial charge in [-0.2, -0.15) is 0 Å². The summed E-state index contributed by atoms with van der Waals surface area (Å²) < 4.78 is 4.75. The molecular weight excluding hydrogens is 232 g/mol. The van der Waals surface area contributed by atoms with Crippen LogP contribution in [0.15, 0.2) is 0 Å². The topological polar surface area (TPSA) is 43.4 Å². The van der Waals surface area contributed by atoms with Crippen molar-refractivity contribution in [1.29, 1.82) is 0 Å². The minimum atomic E-state index is -0.277. The monoisotopic (exact) mass is 249 g/mol. The lowest BCUT2D eigenvalue weighted by molar-refractivity contribution is -0.140. The Hall–Kier alpha value is -0.160. The van der Waals surface area contributed by atoms with E-state index in [1.165, 1.54) is 43.0 Å². The molecule has 0 radical (unpaired) electrons. The Labute approximate surface area is 97.7 Å². The van der Waals surface area contributed by atoms with Gasteiger partial charge >= 0.3 is 5.97 Å². The van der Waals surface area contributed by atoms with Crippen LogP contribution in [0.1, 0.15) is 19.8 Å². The summed E-state index contributed by atoms with van der Waals surface area (Å²) in [4.78, 5) is 21.9. The van der Waals surface area contributed by atoms with Gasteiger partial charge in [-0.05, 0) is 23.7 Å². The van der Waals surface area contributed by atoms with Crippen LogP contribution >= 0.6 is 11.8 Å². The number of esters is 1. The molecule has 0 N–H and O–H groups in total. The van der Waals surface area contributed by atoms with E-state index in [0.29, 0.717) is 23.3 Å². The number of rotatable bonds is 5. The number of hydrogen-bond donors (Lipinski definition) is 0. The molecule has 0 atom stereocenters. The van der Waals surface area contributed by atoms with Crippen molar-refractivity contribution >= 4 is 33.7 Å². The molecule has 0 aromatic carbocycles. The van der Waals surface area contributed by atoms with E-state index in [4.69, 9.17) is 4.74 Å². The molecule has 3 nitrogen and oxygen atoms in total. The largest absolute Gasteiger partial charge is 0.465 e. The fraction of sp³-hybridized carbons (Fsp3) is 0.800. The van der Waals surface area contributed by atoms with Gasteiger partial charge in [-0.3, -0.25) is 9.59 Å². The van der Waals surface area contributed by atoms with Crippen LogP contribution in [0.5, 0.6) is 0 Å². The van der Waals surface area contributed by atoms with Crippen LogP contribution in [0.2, 0.25) is 0 Å². The zero-order valence-electron chi connectivity index (χ0n) is 8.99. The average molecular weight is 249 g/mol. The fourth-order valence-electron chi connectivity index (χ4n) is 1.41. The number of hydrogen-bond acceptors (Lipinski definition) is 4. The van der Waals surface area contributed by atoms with Crippen molar-refractivity contribution in [2.45, 2.75) is 19.8 Å². The van der Waals surface area contributed by atoms with Crippen molar-refractivity contribution in [2.24, 2.45) is 0 Å². The second-order valence-electron chi connectivity index (χ2n) is 3.43. The third-order valence-corrected chi connectivity index (χ3v) is 5.51. The Morgan fingerprint density at radius 1 is 1.33 bits per heavy atom. The molecule has 5 heteroatoms.